The van der Waals surface area contributed by atoms with Gasteiger partial charge in [0.1, 0.15) is 0 Å². The second-order valence-electron chi connectivity index (χ2n) is 7.47. The van der Waals surface area contributed by atoms with Crippen LogP contribution < -0.4 is 11.2 Å². The van der Waals surface area contributed by atoms with E-state index in [9.17, 15) is 0 Å². The van der Waals surface area contributed by atoms with Crippen LogP contribution in [0.25, 0.3) is 0 Å². The first-order chi connectivity index (χ1) is 10.2. The van der Waals surface area contributed by atoms with Crippen molar-refractivity contribution in [1.82, 2.24) is 9.78 Å². The van der Waals surface area contributed by atoms with Crippen molar-refractivity contribution < 1.29 is 9.31 Å². The van der Waals surface area contributed by atoms with Crippen molar-refractivity contribution in [2.24, 2.45) is 11.7 Å². The van der Waals surface area contributed by atoms with Crippen LogP contribution in [-0.2, 0) is 14.8 Å². The Labute approximate surface area is 131 Å². The molecule has 22 heavy (non-hydrogen) atoms. The summed E-state index contributed by atoms with van der Waals surface area (Å²) in [5.41, 5.74) is 5.86. The summed E-state index contributed by atoms with van der Waals surface area (Å²) in [7, 11) is -0.416. The van der Waals surface area contributed by atoms with E-state index < -0.39 is 7.12 Å². The SMILES string of the molecule is CC1(C)OB(c2cnn(C3(CN)CC(C#N)C3)c2)OC1(C)C. The lowest BCUT2D eigenvalue weighted by Crippen LogP contribution is -2.51. The maximum Gasteiger partial charge on any atom is 0.498 e. The van der Waals surface area contributed by atoms with Crippen molar-refractivity contribution in [3.63, 3.8) is 0 Å². The van der Waals surface area contributed by atoms with Crippen LogP contribution in [-0.4, -0.2) is 34.6 Å². The number of hydrogen-bond acceptors (Lipinski definition) is 5. The van der Waals surface area contributed by atoms with Crippen molar-refractivity contribution >= 4 is 12.6 Å². The molecule has 7 heteroatoms. The summed E-state index contributed by atoms with van der Waals surface area (Å²) in [4.78, 5) is 0. The van der Waals surface area contributed by atoms with Crippen LogP contribution in [0.4, 0.5) is 0 Å². The first-order valence-electron chi connectivity index (χ1n) is 7.73. The smallest absolute Gasteiger partial charge is 0.399 e. The van der Waals surface area contributed by atoms with E-state index in [1.807, 2.05) is 38.6 Å². The molecule has 1 aromatic rings. The standard InChI is InChI=1S/C15H23BN4O2/c1-13(2)14(3,4)22-16(21-13)12-8-19-20(9-12)15(10-18)5-11(6-15)7-17/h8-9,11H,5-6,10,18H2,1-4H3. The Balaban J connectivity index is 1.80. The van der Waals surface area contributed by atoms with E-state index in [4.69, 9.17) is 20.3 Å². The van der Waals surface area contributed by atoms with E-state index in [2.05, 4.69) is 11.2 Å². The van der Waals surface area contributed by atoms with Crippen molar-refractivity contribution in [3.05, 3.63) is 12.4 Å². The molecule has 1 aromatic heterocycles. The molecule has 2 fully saturated rings. The zero-order valence-electron chi connectivity index (χ0n) is 13.7. The zero-order valence-corrected chi connectivity index (χ0v) is 13.7. The topological polar surface area (TPSA) is 86.1 Å². The number of nitriles is 1. The highest BCUT2D eigenvalue weighted by molar-refractivity contribution is 6.62. The average molecular weight is 302 g/mol. The highest BCUT2D eigenvalue weighted by Crippen LogP contribution is 2.42. The third-order valence-electron chi connectivity index (χ3n) is 5.43. The second kappa shape index (κ2) is 4.82. The summed E-state index contributed by atoms with van der Waals surface area (Å²) in [6.07, 6.45) is 5.23. The molecule has 2 heterocycles. The molecule has 0 spiro atoms. The predicted molar refractivity (Wildman–Crippen MR) is 83.3 cm³/mol. The Morgan fingerprint density at radius 1 is 1.36 bits per heavy atom. The lowest BCUT2D eigenvalue weighted by molar-refractivity contribution is 0.00578. The molecule has 6 nitrogen and oxygen atoms in total. The van der Waals surface area contributed by atoms with Crippen molar-refractivity contribution in [3.8, 4) is 6.07 Å². The Kier molecular flexibility index (Phi) is 3.40. The molecular weight excluding hydrogens is 279 g/mol. The van der Waals surface area contributed by atoms with Gasteiger partial charge in [0, 0.05) is 24.4 Å². The molecule has 1 aliphatic heterocycles. The zero-order chi connectivity index (χ0) is 16.2. The molecule has 0 atom stereocenters. The molecule has 1 saturated carbocycles. The molecule has 0 unspecified atom stereocenters. The summed E-state index contributed by atoms with van der Waals surface area (Å²) in [6.45, 7) is 8.60. The van der Waals surface area contributed by atoms with Gasteiger partial charge in [-0.25, -0.2) is 0 Å². The molecule has 1 aliphatic carbocycles. The van der Waals surface area contributed by atoms with Gasteiger partial charge in [-0.3, -0.25) is 4.68 Å². The summed E-state index contributed by atoms with van der Waals surface area (Å²) in [6, 6.07) is 2.30. The highest BCUT2D eigenvalue weighted by atomic mass is 16.7. The van der Waals surface area contributed by atoms with E-state index >= 15 is 0 Å². The second-order valence-corrected chi connectivity index (χ2v) is 7.47. The van der Waals surface area contributed by atoms with Crippen LogP contribution >= 0.6 is 0 Å². The van der Waals surface area contributed by atoms with Gasteiger partial charge in [0.15, 0.2) is 0 Å². The first-order valence-corrected chi connectivity index (χ1v) is 7.73. The van der Waals surface area contributed by atoms with Gasteiger partial charge in [-0.05, 0) is 40.5 Å². The fourth-order valence-corrected chi connectivity index (χ4v) is 3.09. The van der Waals surface area contributed by atoms with E-state index in [-0.39, 0.29) is 22.7 Å². The predicted octanol–water partition coefficient (Wildman–Crippen LogP) is 0.770. The number of nitrogens with zero attached hydrogens (tertiary/aromatic N) is 3. The lowest BCUT2D eigenvalue weighted by Gasteiger charge is -2.44. The minimum absolute atomic E-state index is 0.0769. The van der Waals surface area contributed by atoms with Crippen LogP contribution in [0.1, 0.15) is 40.5 Å². The lowest BCUT2D eigenvalue weighted by atomic mass is 9.69. The van der Waals surface area contributed by atoms with Gasteiger partial charge < -0.3 is 15.0 Å². The fourth-order valence-electron chi connectivity index (χ4n) is 3.09. The molecular formula is C15H23BN4O2. The maximum atomic E-state index is 8.99. The molecule has 118 valence electrons. The summed E-state index contributed by atoms with van der Waals surface area (Å²) in [5.74, 6) is 0.0769. The van der Waals surface area contributed by atoms with Gasteiger partial charge >= 0.3 is 7.12 Å². The van der Waals surface area contributed by atoms with Crippen molar-refractivity contribution in [1.29, 1.82) is 5.26 Å². The third kappa shape index (κ3) is 2.18. The Morgan fingerprint density at radius 3 is 2.45 bits per heavy atom. The van der Waals surface area contributed by atoms with Crippen molar-refractivity contribution in [2.75, 3.05) is 6.54 Å². The van der Waals surface area contributed by atoms with Crippen LogP contribution in [0.5, 0.6) is 0 Å². The average Bonchev–Trinajstić information content (AvgIpc) is 2.94. The molecule has 0 aromatic carbocycles. The van der Waals surface area contributed by atoms with Gasteiger partial charge in [0.05, 0.1) is 28.7 Å². The van der Waals surface area contributed by atoms with Gasteiger partial charge in [-0.15, -0.1) is 0 Å². The third-order valence-corrected chi connectivity index (χ3v) is 5.43. The number of rotatable bonds is 3. The normalized spacial score (nSPS) is 32.5. The molecule has 0 radical (unpaired) electrons. The van der Waals surface area contributed by atoms with Gasteiger partial charge in [0.2, 0.25) is 0 Å². The molecule has 3 rings (SSSR count). The number of nitrogens with two attached hydrogens (primary N) is 1. The number of hydrogen-bond donors (Lipinski definition) is 1. The van der Waals surface area contributed by atoms with Crippen LogP contribution in [0.2, 0.25) is 0 Å². The van der Waals surface area contributed by atoms with Crippen LogP contribution in [0.3, 0.4) is 0 Å². The largest absolute Gasteiger partial charge is 0.498 e. The Morgan fingerprint density at radius 2 is 1.95 bits per heavy atom. The Bertz CT molecular complexity index is 597. The Hall–Kier alpha value is -1.36. The van der Waals surface area contributed by atoms with E-state index in [1.165, 1.54) is 0 Å². The van der Waals surface area contributed by atoms with Crippen LogP contribution in [0, 0.1) is 17.2 Å². The van der Waals surface area contributed by atoms with Crippen LogP contribution in [0.15, 0.2) is 12.4 Å². The highest BCUT2D eigenvalue weighted by Gasteiger charge is 2.53. The first kappa shape index (κ1) is 15.5. The summed E-state index contributed by atoms with van der Waals surface area (Å²) < 4.78 is 14.0. The quantitative estimate of drug-likeness (QED) is 0.833. The van der Waals surface area contributed by atoms with E-state index in [1.54, 1.807) is 6.20 Å². The molecule has 2 aliphatic rings. The molecule has 1 saturated heterocycles. The maximum absolute atomic E-state index is 8.99. The van der Waals surface area contributed by atoms with Gasteiger partial charge in [-0.1, -0.05) is 0 Å². The summed E-state index contributed by atoms with van der Waals surface area (Å²) in [5, 5.41) is 13.5. The molecule has 0 amide bonds. The minimum atomic E-state index is -0.416. The number of aromatic nitrogens is 2. The molecule has 2 N–H and O–H groups in total. The van der Waals surface area contributed by atoms with Gasteiger partial charge in [-0.2, -0.15) is 10.4 Å². The fraction of sp³-hybridized carbons (Fsp3) is 0.733. The van der Waals surface area contributed by atoms with E-state index in [0.29, 0.717) is 6.54 Å². The van der Waals surface area contributed by atoms with Crippen molar-refractivity contribution in [2.45, 2.75) is 57.3 Å². The molecule has 0 bridgehead atoms. The monoisotopic (exact) mass is 302 g/mol. The minimum Gasteiger partial charge on any atom is -0.399 e. The van der Waals surface area contributed by atoms with E-state index in [0.717, 1.165) is 18.3 Å². The summed E-state index contributed by atoms with van der Waals surface area (Å²) >= 11 is 0. The van der Waals surface area contributed by atoms with Gasteiger partial charge in [0.25, 0.3) is 0 Å².